The molecule has 1 heterocycles. The van der Waals surface area contributed by atoms with Gasteiger partial charge in [0.05, 0.1) is 5.37 Å². The average Bonchev–Trinajstić information content (AvgIpc) is 2.68. The first-order valence-corrected chi connectivity index (χ1v) is 6.82. The lowest BCUT2D eigenvalue weighted by Crippen LogP contribution is -2.40. The number of hydrogen-bond acceptors (Lipinski definition) is 3. The third-order valence-corrected chi connectivity index (χ3v) is 5.00. The predicted octanol–water partition coefficient (Wildman–Crippen LogP) is 1.93. The van der Waals surface area contributed by atoms with E-state index >= 15 is 0 Å². The van der Waals surface area contributed by atoms with Gasteiger partial charge in [0.2, 0.25) is 0 Å². The zero-order chi connectivity index (χ0) is 10.8. The molecule has 0 bridgehead atoms. The van der Waals surface area contributed by atoms with Crippen molar-refractivity contribution in [2.45, 2.75) is 44.0 Å². The molecule has 2 aliphatic rings. The molecule has 1 aliphatic heterocycles. The number of carboxylic acids is 1. The molecule has 86 valence electrons. The smallest absolute Gasteiger partial charge is 0.321 e. The van der Waals surface area contributed by atoms with Gasteiger partial charge in [-0.15, -0.1) is 11.8 Å². The van der Waals surface area contributed by atoms with Gasteiger partial charge in [-0.05, 0) is 24.7 Å². The monoisotopic (exact) mass is 229 g/mol. The van der Waals surface area contributed by atoms with Gasteiger partial charge in [0.25, 0.3) is 0 Å². The third-order valence-electron chi connectivity index (χ3n) is 3.59. The molecule has 2 N–H and O–H groups in total. The highest BCUT2D eigenvalue weighted by Crippen LogP contribution is 2.36. The molecule has 3 nitrogen and oxygen atoms in total. The molecule has 15 heavy (non-hydrogen) atoms. The first kappa shape index (κ1) is 11.3. The summed E-state index contributed by atoms with van der Waals surface area (Å²) in [7, 11) is 0. The summed E-state index contributed by atoms with van der Waals surface area (Å²) < 4.78 is 0. The second-order valence-corrected chi connectivity index (χ2v) is 6.01. The Morgan fingerprint density at radius 1 is 1.33 bits per heavy atom. The molecule has 4 heteroatoms. The highest BCUT2D eigenvalue weighted by atomic mass is 32.2. The van der Waals surface area contributed by atoms with Crippen molar-refractivity contribution in [1.29, 1.82) is 0 Å². The summed E-state index contributed by atoms with van der Waals surface area (Å²) in [5, 5.41) is 12.5. The quantitative estimate of drug-likeness (QED) is 0.759. The van der Waals surface area contributed by atoms with Gasteiger partial charge in [-0.3, -0.25) is 10.1 Å². The van der Waals surface area contributed by atoms with Crippen LogP contribution in [0.15, 0.2) is 0 Å². The van der Waals surface area contributed by atoms with Crippen LogP contribution in [0.2, 0.25) is 0 Å². The van der Waals surface area contributed by atoms with Crippen LogP contribution in [0.1, 0.15) is 32.6 Å². The summed E-state index contributed by atoms with van der Waals surface area (Å²) in [6, 6.07) is -0.320. The van der Waals surface area contributed by atoms with E-state index in [0.29, 0.717) is 11.3 Å². The first-order chi connectivity index (χ1) is 7.16. The van der Waals surface area contributed by atoms with Gasteiger partial charge in [-0.1, -0.05) is 19.8 Å². The Labute approximate surface area is 95.0 Å². The van der Waals surface area contributed by atoms with Crippen molar-refractivity contribution in [3.05, 3.63) is 0 Å². The number of nitrogens with one attached hydrogen (secondary N) is 1. The minimum atomic E-state index is -0.700. The van der Waals surface area contributed by atoms with E-state index in [1.54, 1.807) is 11.8 Å². The SMILES string of the molecule is CC1CCC(C2N[C@@H](C(=O)O)CS2)CC1. The van der Waals surface area contributed by atoms with Crippen LogP contribution in [0.25, 0.3) is 0 Å². The first-order valence-electron chi connectivity index (χ1n) is 5.77. The summed E-state index contributed by atoms with van der Waals surface area (Å²) in [5.74, 6) is 1.58. The number of rotatable bonds is 2. The van der Waals surface area contributed by atoms with Gasteiger partial charge in [-0.25, -0.2) is 0 Å². The summed E-state index contributed by atoms with van der Waals surface area (Å²) in [5.41, 5.74) is 0. The van der Waals surface area contributed by atoms with Crippen molar-refractivity contribution in [3.8, 4) is 0 Å². The molecule has 1 saturated carbocycles. The minimum Gasteiger partial charge on any atom is -0.480 e. The summed E-state index contributed by atoms with van der Waals surface area (Å²) >= 11 is 1.79. The normalized spacial score (nSPS) is 41.7. The molecule has 2 fully saturated rings. The molecule has 1 unspecified atom stereocenters. The molecule has 0 aromatic rings. The van der Waals surface area contributed by atoms with Crippen LogP contribution in [0.5, 0.6) is 0 Å². The topological polar surface area (TPSA) is 49.3 Å². The van der Waals surface area contributed by atoms with Gasteiger partial charge >= 0.3 is 5.97 Å². The van der Waals surface area contributed by atoms with Gasteiger partial charge in [0.1, 0.15) is 6.04 Å². The average molecular weight is 229 g/mol. The van der Waals surface area contributed by atoms with Crippen molar-refractivity contribution >= 4 is 17.7 Å². The van der Waals surface area contributed by atoms with Crippen molar-refractivity contribution < 1.29 is 9.90 Å². The second kappa shape index (κ2) is 4.74. The molecular weight excluding hydrogens is 210 g/mol. The fraction of sp³-hybridized carbons (Fsp3) is 0.909. The van der Waals surface area contributed by atoms with Crippen LogP contribution in [0, 0.1) is 11.8 Å². The molecule has 1 saturated heterocycles. The molecule has 0 aromatic heterocycles. The van der Waals surface area contributed by atoms with Crippen LogP contribution < -0.4 is 5.32 Å². The van der Waals surface area contributed by atoms with E-state index in [4.69, 9.17) is 5.11 Å². The van der Waals surface area contributed by atoms with E-state index in [0.717, 1.165) is 11.7 Å². The highest BCUT2D eigenvalue weighted by molar-refractivity contribution is 8.00. The summed E-state index contributed by atoms with van der Waals surface area (Å²) in [6.45, 7) is 2.31. The van der Waals surface area contributed by atoms with E-state index < -0.39 is 5.97 Å². The standard InChI is InChI=1S/C11H19NO2S/c1-7-2-4-8(5-3-7)10-12-9(6-15-10)11(13)14/h7-10,12H,2-6H2,1H3,(H,13,14)/t7?,8?,9-,10?/m1/s1. The number of hydrogen-bond donors (Lipinski definition) is 2. The van der Waals surface area contributed by atoms with Gasteiger partial charge in [-0.2, -0.15) is 0 Å². The van der Waals surface area contributed by atoms with E-state index in [1.165, 1.54) is 25.7 Å². The molecule has 0 aromatic carbocycles. The Balaban J connectivity index is 1.83. The number of aliphatic carboxylic acids is 1. The molecule has 0 radical (unpaired) electrons. The Kier molecular flexibility index (Phi) is 3.57. The van der Waals surface area contributed by atoms with Gasteiger partial charge < -0.3 is 5.11 Å². The van der Waals surface area contributed by atoms with Gasteiger partial charge in [0.15, 0.2) is 0 Å². The molecule has 2 atom stereocenters. The largest absolute Gasteiger partial charge is 0.480 e. The maximum absolute atomic E-state index is 10.8. The van der Waals surface area contributed by atoms with Crippen molar-refractivity contribution in [2.75, 3.05) is 5.75 Å². The Hall–Kier alpha value is -0.220. The maximum Gasteiger partial charge on any atom is 0.321 e. The number of carboxylic acid groups (broad SMARTS) is 1. The fourth-order valence-corrected chi connectivity index (χ4v) is 3.94. The van der Waals surface area contributed by atoms with Crippen LogP contribution in [0.4, 0.5) is 0 Å². The molecule has 0 spiro atoms. The zero-order valence-electron chi connectivity index (χ0n) is 9.11. The molecule has 1 aliphatic carbocycles. The number of thioether (sulfide) groups is 1. The van der Waals surface area contributed by atoms with Crippen LogP contribution in [-0.4, -0.2) is 28.2 Å². The van der Waals surface area contributed by atoms with Crippen LogP contribution in [0.3, 0.4) is 0 Å². The second-order valence-electron chi connectivity index (χ2n) is 4.83. The third kappa shape index (κ3) is 2.67. The van der Waals surface area contributed by atoms with Crippen molar-refractivity contribution in [2.24, 2.45) is 11.8 Å². The van der Waals surface area contributed by atoms with E-state index in [-0.39, 0.29) is 6.04 Å². The Morgan fingerprint density at radius 2 is 2.00 bits per heavy atom. The van der Waals surface area contributed by atoms with Crippen LogP contribution in [-0.2, 0) is 4.79 Å². The van der Waals surface area contributed by atoms with Crippen molar-refractivity contribution in [1.82, 2.24) is 5.32 Å². The van der Waals surface area contributed by atoms with Crippen LogP contribution >= 0.6 is 11.8 Å². The molecule has 2 rings (SSSR count). The van der Waals surface area contributed by atoms with E-state index in [1.807, 2.05) is 0 Å². The summed E-state index contributed by atoms with van der Waals surface area (Å²) in [4.78, 5) is 10.8. The predicted molar refractivity (Wildman–Crippen MR) is 61.9 cm³/mol. The lowest BCUT2D eigenvalue weighted by atomic mass is 9.83. The zero-order valence-corrected chi connectivity index (χ0v) is 9.93. The Bertz CT molecular complexity index is 239. The van der Waals surface area contributed by atoms with E-state index in [9.17, 15) is 4.79 Å². The van der Waals surface area contributed by atoms with Gasteiger partial charge in [0, 0.05) is 5.75 Å². The van der Waals surface area contributed by atoms with E-state index in [2.05, 4.69) is 12.2 Å². The highest BCUT2D eigenvalue weighted by Gasteiger charge is 2.35. The maximum atomic E-state index is 10.8. The lowest BCUT2D eigenvalue weighted by Gasteiger charge is -2.30. The van der Waals surface area contributed by atoms with Crippen molar-refractivity contribution in [3.63, 3.8) is 0 Å². The molecule has 0 amide bonds. The minimum absolute atomic E-state index is 0.320. The lowest BCUT2D eigenvalue weighted by molar-refractivity contribution is -0.138. The number of carbonyl (C=O) groups is 1. The fourth-order valence-electron chi connectivity index (χ4n) is 2.50. The molecular formula is C11H19NO2S. The summed E-state index contributed by atoms with van der Waals surface area (Å²) in [6.07, 6.45) is 5.14. The Morgan fingerprint density at radius 3 is 2.53 bits per heavy atom.